The minimum atomic E-state index is 0.138. The maximum Gasteiger partial charge on any atom is 0.134 e. The van der Waals surface area contributed by atoms with Gasteiger partial charge in [-0.05, 0) is 31.5 Å². The Hall–Kier alpha value is -0.770. The van der Waals surface area contributed by atoms with Crippen LogP contribution in [0.25, 0.3) is 0 Å². The highest BCUT2D eigenvalue weighted by molar-refractivity contribution is 6.32. The molecule has 1 heterocycles. The van der Waals surface area contributed by atoms with Crippen LogP contribution in [0.1, 0.15) is 19.4 Å². The normalized spacial score (nSPS) is 26.1. The van der Waals surface area contributed by atoms with E-state index in [1.54, 1.807) is 6.07 Å². The number of hydrogen-bond acceptors (Lipinski definition) is 3. The summed E-state index contributed by atoms with van der Waals surface area (Å²) in [6, 6.07) is 5.37. The van der Waals surface area contributed by atoms with Crippen molar-refractivity contribution in [1.82, 2.24) is 4.90 Å². The summed E-state index contributed by atoms with van der Waals surface area (Å²) in [5.41, 5.74) is 1.12. The van der Waals surface area contributed by atoms with Crippen molar-refractivity contribution in [2.75, 3.05) is 13.1 Å². The minimum Gasteiger partial charge on any atom is -0.506 e. The molecule has 1 N–H and O–H groups in total. The zero-order valence-corrected chi connectivity index (χ0v) is 10.9. The zero-order valence-electron chi connectivity index (χ0n) is 10.2. The number of ether oxygens (including phenoxy) is 1. The van der Waals surface area contributed by atoms with Gasteiger partial charge >= 0.3 is 0 Å². The largest absolute Gasteiger partial charge is 0.506 e. The predicted molar refractivity (Wildman–Crippen MR) is 68.4 cm³/mol. The third-order valence-electron chi connectivity index (χ3n) is 2.91. The molecule has 3 nitrogen and oxygen atoms in total. The number of rotatable bonds is 2. The number of aromatic hydroxyl groups is 1. The molecule has 0 bridgehead atoms. The summed E-state index contributed by atoms with van der Waals surface area (Å²) in [4.78, 5) is 2.35. The summed E-state index contributed by atoms with van der Waals surface area (Å²) in [7, 11) is 0. The van der Waals surface area contributed by atoms with Crippen LogP contribution < -0.4 is 0 Å². The van der Waals surface area contributed by atoms with Gasteiger partial charge in [0.15, 0.2) is 0 Å². The van der Waals surface area contributed by atoms with Crippen LogP contribution in [-0.2, 0) is 11.3 Å². The molecule has 0 spiro atoms. The van der Waals surface area contributed by atoms with E-state index in [0.717, 1.165) is 25.2 Å². The Balaban J connectivity index is 2.02. The lowest BCUT2D eigenvalue weighted by Crippen LogP contribution is -2.44. The topological polar surface area (TPSA) is 32.7 Å². The Labute approximate surface area is 107 Å². The molecule has 0 aliphatic carbocycles. The molecule has 1 aliphatic heterocycles. The average Bonchev–Trinajstić information content (AvgIpc) is 2.22. The number of phenols is 1. The van der Waals surface area contributed by atoms with Gasteiger partial charge in [-0.1, -0.05) is 17.7 Å². The van der Waals surface area contributed by atoms with Crippen molar-refractivity contribution in [3.63, 3.8) is 0 Å². The van der Waals surface area contributed by atoms with Crippen LogP contribution in [0.5, 0.6) is 5.75 Å². The first kappa shape index (κ1) is 12.7. The summed E-state index contributed by atoms with van der Waals surface area (Å²) in [6.45, 7) is 6.89. The minimum absolute atomic E-state index is 0.138. The van der Waals surface area contributed by atoms with E-state index in [0.29, 0.717) is 5.02 Å². The number of hydrogen-bond donors (Lipinski definition) is 1. The molecule has 1 fully saturated rings. The van der Waals surface area contributed by atoms with Crippen molar-refractivity contribution in [2.24, 2.45) is 0 Å². The quantitative estimate of drug-likeness (QED) is 0.882. The maximum atomic E-state index is 9.37. The standard InChI is InChI=1S/C13H18ClNO2/c1-9-6-15(7-10(2)17-9)8-11-3-4-13(16)12(14)5-11/h3-5,9-10,16H,6-8H2,1-2H3/t9-,10+. The van der Waals surface area contributed by atoms with Gasteiger partial charge in [0, 0.05) is 19.6 Å². The fraction of sp³-hybridized carbons (Fsp3) is 0.538. The first-order valence-electron chi connectivity index (χ1n) is 5.90. The second kappa shape index (κ2) is 5.25. The summed E-state index contributed by atoms with van der Waals surface area (Å²) in [5.74, 6) is 0.138. The van der Waals surface area contributed by atoms with Gasteiger partial charge in [-0.2, -0.15) is 0 Å². The van der Waals surface area contributed by atoms with E-state index in [1.807, 2.05) is 12.1 Å². The monoisotopic (exact) mass is 255 g/mol. The number of benzene rings is 1. The Morgan fingerprint density at radius 3 is 2.59 bits per heavy atom. The van der Waals surface area contributed by atoms with Crippen LogP contribution in [0.15, 0.2) is 18.2 Å². The molecular formula is C13H18ClNO2. The average molecular weight is 256 g/mol. The molecule has 2 rings (SSSR count). The highest BCUT2D eigenvalue weighted by atomic mass is 35.5. The van der Waals surface area contributed by atoms with E-state index in [-0.39, 0.29) is 18.0 Å². The third-order valence-corrected chi connectivity index (χ3v) is 3.22. The van der Waals surface area contributed by atoms with Crippen molar-refractivity contribution < 1.29 is 9.84 Å². The Kier molecular flexibility index (Phi) is 3.92. The number of phenolic OH excluding ortho intramolecular Hbond substituents is 1. The molecule has 0 radical (unpaired) electrons. The molecule has 0 unspecified atom stereocenters. The summed E-state index contributed by atoms with van der Waals surface area (Å²) in [5, 5.41) is 9.78. The van der Waals surface area contributed by atoms with Crippen molar-refractivity contribution in [1.29, 1.82) is 0 Å². The lowest BCUT2D eigenvalue weighted by atomic mass is 10.1. The van der Waals surface area contributed by atoms with Gasteiger partial charge in [0.1, 0.15) is 5.75 Å². The van der Waals surface area contributed by atoms with E-state index < -0.39 is 0 Å². The SMILES string of the molecule is C[C@@H]1CN(Cc2ccc(O)c(Cl)c2)C[C@H](C)O1. The second-order valence-electron chi connectivity index (χ2n) is 4.74. The van der Waals surface area contributed by atoms with Crippen molar-refractivity contribution in [3.05, 3.63) is 28.8 Å². The summed E-state index contributed by atoms with van der Waals surface area (Å²) < 4.78 is 5.69. The molecule has 1 aliphatic rings. The molecular weight excluding hydrogens is 238 g/mol. The molecule has 4 heteroatoms. The van der Waals surface area contributed by atoms with Crippen LogP contribution in [0.2, 0.25) is 5.02 Å². The van der Waals surface area contributed by atoms with Gasteiger partial charge in [-0.3, -0.25) is 4.90 Å². The molecule has 0 amide bonds. The van der Waals surface area contributed by atoms with Crippen molar-refractivity contribution >= 4 is 11.6 Å². The first-order chi connectivity index (χ1) is 8.04. The molecule has 94 valence electrons. The molecule has 1 saturated heterocycles. The smallest absolute Gasteiger partial charge is 0.134 e. The number of halogens is 1. The fourth-order valence-corrected chi connectivity index (χ4v) is 2.52. The van der Waals surface area contributed by atoms with E-state index in [1.165, 1.54) is 0 Å². The highest BCUT2D eigenvalue weighted by Gasteiger charge is 2.22. The van der Waals surface area contributed by atoms with Crippen LogP contribution in [0.4, 0.5) is 0 Å². The third kappa shape index (κ3) is 3.35. The lowest BCUT2D eigenvalue weighted by molar-refractivity contribution is -0.0704. The molecule has 2 atom stereocenters. The molecule has 17 heavy (non-hydrogen) atoms. The second-order valence-corrected chi connectivity index (χ2v) is 5.14. The van der Waals surface area contributed by atoms with Crippen LogP contribution >= 0.6 is 11.6 Å². The van der Waals surface area contributed by atoms with Gasteiger partial charge in [-0.15, -0.1) is 0 Å². The first-order valence-corrected chi connectivity index (χ1v) is 6.27. The van der Waals surface area contributed by atoms with Gasteiger partial charge < -0.3 is 9.84 Å². The van der Waals surface area contributed by atoms with E-state index in [4.69, 9.17) is 16.3 Å². The molecule has 1 aromatic carbocycles. The predicted octanol–water partition coefficient (Wildman–Crippen LogP) is 2.65. The van der Waals surface area contributed by atoms with Crippen LogP contribution in [-0.4, -0.2) is 35.3 Å². The highest BCUT2D eigenvalue weighted by Crippen LogP contribution is 2.24. The molecule has 0 saturated carbocycles. The van der Waals surface area contributed by atoms with Gasteiger partial charge in [-0.25, -0.2) is 0 Å². The maximum absolute atomic E-state index is 9.37. The van der Waals surface area contributed by atoms with Gasteiger partial charge in [0.25, 0.3) is 0 Å². The van der Waals surface area contributed by atoms with E-state index in [2.05, 4.69) is 18.7 Å². The van der Waals surface area contributed by atoms with Gasteiger partial charge in [0.05, 0.1) is 17.2 Å². The van der Waals surface area contributed by atoms with Crippen LogP contribution in [0.3, 0.4) is 0 Å². The van der Waals surface area contributed by atoms with Crippen LogP contribution in [0, 0.1) is 0 Å². The van der Waals surface area contributed by atoms with Crippen molar-refractivity contribution in [3.8, 4) is 5.75 Å². The summed E-state index contributed by atoms with van der Waals surface area (Å²) in [6.07, 6.45) is 0.540. The fourth-order valence-electron chi connectivity index (χ4n) is 2.32. The number of nitrogens with zero attached hydrogens (tertiary/aromatic N) is 1. The Morgan fingerprint density at radius 2 is 2.00 bits per heavy atom. The Morgan fingerprint density at radius 1 is 1.35 bits per heavy atom. The lowest BCUT2D eigenvalue weighted by Gasteiger charge is -2.35. The summed E-state index contributed by atoms with van der Waals surface area (Å²) >= 11 is 5.90. The van der Waals surface area contributed by atoms with E-state index in [9.17, 15) is 5.11 Å². The molecule has 1 aromatic rings. The zero-order chi connectivity index (χ0) is 12.4. The number of morpholine rings is 1. The Bertz CT molecular complexity index is 387. The molecule has 0 aromatic heterocycles. The van der Waals surface area contributed by atoms with E-state index >= 15 is 0 Å². The van der Waals surface area contributed by atoms with Crippen molar-refractivity contribution in [2.45, 2.75) is 32.6 Å². The van der Waals surface area contributed by atoms with Gasteiger partial charge in [0.2, 0.25) is 0 Å².